The molecule has 4 heteroatoms. The Labute approximate surface area is 93.2 Å². The van der Waals surface area contributed by atoms with E-state index in [2.05, 4.69) is 9.99 Å². The van der Waals surface area contributed by atoms with Crippen LogP contribution in [0, 0.1) is 11.3 Å². The van der Waals surface area contributed by atoms with Crippen LogP contribution in [0.25, 0.3) is 6.08 Å². The number of benzene rings is 1. The highest BCUT2D eigenvalue weighted by Gasteiger charge is 1.93. The molecule has 0 spiro atoms. The predicted octanol–water partition coefficient (Wildman–Crippen LogP) is 2.88. The van der Waals surface area contributed by atoms with Gasteiger partial charge in [0, 0.05) is 5.02 Å². The predicted molar refractivity (Wildman–Crippen MR) is 60.5 cm³/mol. The highest BCUT2D eigenvalue weighted by atomic mass is 35.5. The average Bonchev–Trinajstić information content (AvgIpc) is 2.27. The van der Waals surface area contributed by atoms with Crippen LogP contribution in [-0.2, 0) is 4.84 Å². The van der Waals surface area contributed by atoms with Gasteiger partial charge in [0.15, 0.2) is 0 Å². The first-order valence-electron chi connectivity index (χ1n) is 4.20. The zero-order valence-electron chi connectivity index (χ0n) is 8.14. The lowest BCUT2D eigenvalue weighted by molar-refractivity contribution is 0.215. The Morgan fingerprint density at radius 3 is 2.67 bits per heavy atom. The lowest BCUT2D eigenvalue weighted by Gasteiger charge is -1.93. The number of nitrogens with zero attached hydrogens (tertiary/aromatic N) is 2. The monoisotopic (exact) mass is 220 g/mol. The maximum atomic E-state index is 8.78. The Balaban J connectivity index is 2.89. The fourth-order valence-electron chi connectivity index (χ4n) is 0.946. The number of halogens is 1. The molecule has 0 saturated carbocycles. The van der Waals surface area contributed by atoms with Crippen molar-refractivity contribution in [3.8, 4) is 6.07 Å². The maximum absolute atomic E-state index is 8.78. The number of hydrogen-bond acceptors (Lipinski definition) is 3. The van der Waals surface area contributed by atoms with E-state index >= 15 is 0 Å². The first-order valence-corrected chi connectivity index (χ1v) is 4.58. The normalized spacial score (nSPS) is 11.4. The fourth-order valence-corrected chi connectivity index (χ4v) is 1.07. The van der Waals surface area contributed by atoms with Crippen LogP contribution in [0.2, 0.25) is 5.02 Å². The van der Waals surface area contributed by atoms with Gasteiger partial charge in [-0.15, -0.1) is 0 Å². The third kappa shape index (κ3) is 3.84. The molecular formula is C11H9ClN2O. The minimum absolute atomic E-state index is 0.416. The molecule has 0 saturated heterocycles. The van der Waals surface area contributed by atoms with Crippen molar-refractivity contribution in [3.05, 3.63) is 40.4 Å². The first kappa shape index (κ1) is 11.3. The molecule has 0 aliphatic carbocycles. The van der Waals surface area contributed by atoms with Gasteiger partial charge in [0.1, 0.15) is 13.2 Å². The van der Waals surface area contributed by atoms with E-state index in [1.54, 1.807) is 18.2 Å². The number of nitriles is 1. The summed E-state index contributed by atoms with van der Waals surface area (Å²) in [5, 5.41) is 13.0. The number of oxime groups is 1. The standard InChI is InChI=1S/C11H9ClN2O/c1-15-14-8-10(7-13)6-9-2-4-11(12)5-3-9/h2-6,8H,1H3/b10-6+,14-8+. The van der Waals surface area contributed by atoms with Gasteiger partial charge >= 0.3 is 0 Å². The highest BCUT2D eigenvalue weighted by molar-refractivity contribution is 6.30. The smallest absolute Gasteiger partial charge is 0.106 e. The Bertz CT molecular complexity index is 415. The van der Waals surface area contributed by atoms with Crippen LogP contribution < -0.4 is 0 Å². The molecule has 0 radical (unpaired) electrons. The molecular weight excluding hydrogens is 212 g/mol. The minimum Gasteiger partial charge on any atom is -0.399 e. The Kier molecular flexibility index (Phi) is 4.39. The lowest BCUT2D eigenvalue weighted by atomic mass is 10.1. The molecule has 3 nitrogen and oxygen atoms in total. The molecule has 1 aromatic rings. The molecule has 1 aromatic carbocycles. The fraction of sp³-hybridized carbons (Fsp3) is 0.0909. The second kappa shape index (κ2) is 5.84. The van der Waals surface area contributed by atoms with Gasteiger partial charge in [0.05, 0.1) is 11.8 Å². The maximum Gasteiger partial charge on any atom is 0.106 e. The SMILES string of the molecule is CO/N=C/C(C#N)=C/c1ccc(Cl)cc1. The number of rotatable bonds is 3. The third-order valence-corrected chi connectivity index (χ3v) is 1.87. The Morgan fingerprint density at radius 2 is 2.13 bits per heavy atom. The van der Waals surface area contributed by atoms with Crippen molar-refractivity contribution in [2.24, 2.45) is 5.16 Å². The van der Waals surface area contributed by atoms with E-state index in [1.165, 1.54) is 13.3 Å². The zero-order valence-corrected chi connectivity index (χ0v) is 8.90. The van der Waals surface area contributed by atoms with Gasteiger partial charge in [-0.25, -0.2) is 0 Å². The Hall–Kier alpha value is -1.79. The molecule has 0 aliphatic heterocycles. The molecule has 0 amide bonds. The summed E-state index contributed by atoms with van der Waals surface area (Å²) in [5.41, 5.74) is 1.30. The van der Waals surface area contributed by atoms with E-state index in [0.717, 1.165) is 5.56 Å². The third-order valence-electron chi connectivity index (χ3n) is 1.62. The van der Waals surface area contributed by atoms with Gasteiger partial charge in [0.25, 0.3) is 0 Å². The van der Waals surface area contributed by atoms with Crippen LogP contribution >= 0.6 is 11.6 Å². The van der Waals surface area contributed by atoms with Crippen LogP contribution in [0.4, 0.5) is 0 Å². The van der Waals surface area contributed by atoms with Crippen molar-refractivity contribution >= 4 is 23.9 Å². The molecule has 0 unspecified atom stereocenters. The minimum atomic E-state index is 0.416. The van der Waals surface area contributed by atoms with Gasteiger partial charge in [-0.3, -0.25) is 0 Å². The van der Waals surface area contributed by atoms with Crippen molar-refractivity contribution in [2.75, 3.05) is 7.11 Å². The molecule has 15 heavy (non-hydrogen) atoms. The van der Waals surface area contributed by atoms with Crippen molar-refractivity contribution in [3.63, 3.8) is 0 Å². The molecule has 0 atom stereocenters. The van der Waals surface area contributed by atoms with Crippen LogP contribution in [0.15, 0.2) is 35.0 Å². The van der Waals surface area contributed by atoms with E-state index in [0.29, 0.717) is 10.6 Å². The average molecular weight is 221 g/mol. The summed E-state index contributed by atoms with van der Waals surface area (Å²) in [5.74, 6) is 0. The largest absolute Gasteiger partial charge is 0.399 e. The molecule has 0 aromatic heterocycles. The van der Waals surface area contributed by atoms with Gasteiger partial charge < -0.3 is 4.84 Å². The second-order valence-corrected chi connectivity index (χ2v) is 3.12. The molecule has 1 rings (SSSR count). The summed E-state index contributed by atoms with van der Waals surface area (Å²) < 4.78 is 0. The summed E-state index contributed by atoms with van der Waals surface area (Å²) in [7, 11) is 1.42. The van der Waals surface area contributed by atoms with Crippen LogP contribution in [0.3, 0.4) is 0 Å². The van der Waals surface area contributed by atoms with Crippen LogP contribution in [0.1, 0.15) is 5.56 Å². The molecule has 0 heterocycles. The van der Waals surface area contributed by atoms with Gasteiger partial charge in [-0.1, -0.05) is 28.9 Å². The number of hydrogen-bond donors (Lipinski definition) is 0. The van der Waals surface area contributed by atoms with E-state index in [4.69, 9.17) is 16.9 Å². The molecule has 0 fully saturated rings. The van der Waals surface area contributed by atoms with E-state index in [1.807, 2.05) is 18.2 Å². The van der Waals surface area contributed by atoms with E-state index in [9.17, 15) is 0 Å². The van der Waals surface area contributed by atoms with Gasteiger partial charge in [-0.2, -0.15) is 5.26 Å². The van der Waals surface area contributed by atoms with Gasteiger partial charge in [-0.05, 0) is 23.8 Å². The van der Waals surface area contributed by atoms with Crippen molar-refractivity contribution < 1.29 is 4.84 Å². The summed E-state index contributed by atoms with van der Waals surface area (Å²) in [6.45, 7) is 0. The first-order chi connectivity index (χ1) is 7.26. The molecule has 76 valence electrons. The lowest BCUT2D eigenvalue weighted by Crippen LogP contribution is -1.82. The van der Waals surface area contributed by atoms with Gasteiger partial charge in [0.2, 0.25) is 0 Å². The highest BCUT2D eigenvalue weighted by Crippen LogP contribution is 2.11. The van der Waals surface area contributed by atoms with Crippen LogP contribution in [0.5, 0.6) is 0 Å². The summed E-state index contributed by atoms with van der Waals surface area (Å²) in [6.07, 6.45) is 3.05. The van der Waals surface area contributed by atoms with E-state index < -0.39 is 0 Å². The zero-order chi connectivity index (χ0) is 11.1. The molecule has 0 bridgehead atoms. The number of allylic oxidation sites excluding steroid dienone is 1. The van der Waals surface area contributed by atoms with E-state index in [-0.39, 0.29) is 0 Å². The van der Waals surface area contributed by atoms with Crippen molar-refractivity contribution in [1.29, 1.82) is 5.26 Å². The molecule has 0 aliphatic rings. The van der Waals surface area contributed by atoms with Crippen LogP contribution in [-0.4, -0.2) is 13.3 Å². The van der Waals surface area contributed by atoms with Crippen molar-refractivity contribution in [2.45, 2.75) is 0 Å². The quantitative estimate of drug-likeness (QED) is 0.447. The summed E-state index contributed by atoms with van der Waals surface area (Å²) >= 11 is 5.73. The van der Waals surface area contributed by atoms with Crippen molar-refractivity contribution in [1.82, 2.24) is 0 Å². The topological polar surface area (TPSA) is 45.4 Å². The molecule has 0 N–H and O–H groups in total. The Morgan fingerprint density at radius 1 is 1.47 bits per heavy atom. The summed E-state index contributed by atoms with van der Waals surface area (Å²) in [4.78, 5) is 4.49. The second-order valence-electron chi connectivity index (χ2n) is 2.68. The summed E-state index contributed by atoms with van der Waals surface area (Å²) in [6, 6.07) is 9.16.